The van der Waals surface area contributed by atoms with E-state index < -0.39 is 5.92 Å². The van der Waals surface area contributed by atoms with E-state index in [0.29, 0.717) is 35.1 Å². The topological polar surface area (TPSA) is 26.3 Å². The summed E-state index contributed by atoms with van der Waals surface area (Å²) in [7, 11) is 0. The first kappa shape index (κ1) is 20.0. The highest BCUT2D eigenvalue weighted by molar-refractivity contribution is 6.30. The third-order valence-corrected chi connectivity index (χ3v) is 5.36. The van der Waals surface area contributed by atoms with Gasteiger partial charge < -0.3 is 4.74 Å². The maximum absolute atomic E-state index is 12.9. The molecule has 5 heteroatoms. The minimum atomic E-state index is -0.437. The molecule has 0 fully saturated rings. The van der Waals surface area contributed by atoms with Crippen LogP contribution in [0, 0.1) is 0 Å². The largest absolute Gasteiger partial charge is 0.430 e. The van der Waals surface area contributed by atoms with Crippen molar-refractivity contribution < 1.29 is 9.53 Å². The second kappa shape index (κ2) is 8.97. The van der Waals surface area contributed by atoms with E-state index in [9.17, 15) is 4.79 Å². The normalized spacial score (nSPS) is 17.7. The van der Waals surface area contributed by atoms with E-state index in [1.54, 1.807) is 18.2 Å². The molecule has 0 aliphatic heterocycles. The minimum absolute atomic E-state index is 0.0909. The standard InChI is InChI=1S/C22H19Cl3O2/c1-2-3-19(14-4-8-16(23)9-5-14)22(26)27-21-13-18(25)12-20(21)15-6-10-17(24)11-7-15/h2,4-11,18-19H,1,3,12-13H2. The van der Waals surface area contributed by atoms with Crippen LogP contribution >= 0.6 is 34.8 Å². The van der Waals surface area contributed by atoms with Gasteiger partial charge in [0.2, 0.25) is 0 Å². The lowest BCUT2D eigenvalue weighted by Gasteiger charge is -2.16. The van der Waals surface area contributed by atoms with E-state index >= 15 is 0 Å². The van der Waals surface area contributed by atoms with Crippen LogP contribution < -0.4 is 0 Å². The summed E-state index contributed by atoms with van der Waals surface area (Å²) >= 11 is 18.3. The molecule has 1 aliphatic rings. The Balaban J connectivity index is 1.86. The van der Waals surface area contributed by atoms with Crippen LogP contribution in [-0.2, 0) is 9.53 Å². The van der Waals surface area contributed by atoms with Gasteiger partial charge in [-0.05, 0) is 53.8 Å². The second-order valence-corrected chi connectivity index (χ2v) is 7.95. The molecule has 0 bridgehead atoms. The van der Waals surface area contributed by atoms with Gasteiger partial charge in [0.15, 0.2) is 0 Å². The Hall–Kier alpha value is -1.74. The Labute approximate surface area is 174 Å². The zero-order chi connectivity index (χ0) is 19.4. The fraction of sp³-hybridized carbons (Fsp3) is 0.227. The molecule has 2 unspecified atom stereocenters. The van der Waals surface area contributed by atoms with E-state index in [1.807, 2.05) is 36.4 Å². The van der Waals surface area contributed by atoms with E-state index in [2.05, 4.69) is 6.58 Å². The van der Waals surface area contributed by atoms with Gasteiger partial charge in [-0.3, -0.25) is 4.79 Å². The summed E-state index contributed by atoms with van der Waals surface area (Å²) < 4.78 is 5.82. The first-order valence-corrected chi connectivity index (χ1v) is 9.87. The van der Waals surface area contributed by atoms with Gasteiger partial charge in [-0.15, -0.1) is 18.2 Å². The van der Waals surface area contributed by atoms with Gasteiger partial charge in [0, 0.05) is 21.8 Å². The highest BCUT2D eigenvalue weighted by Gasteiger charge is 2.29. The fourth-order valence-electron chi connectivity index (χ4n) is 3.19. The highest BCUT2D eigenvalue weighted by Crippen LogP contribution is 2.39. The Morgan fingerprint density at radius 3 is 2.26 bits per heavy atom. The molecule has 3 rings (SSSR count). The van der Waals surface area contributed by atoms with E-state index in [-0.39, 0.29) is 11.3 Å². The molecule has 0 heterocycles. The Kier molecular flexibility index (Phi) is 6.64. The van der Waals surface area contributed by atoms with Gasteiger partial charge in [-0.25, -0.2) is 0 Å². The summed E-state index contributed by atoms with van der Waals surface area (Å²) in [6.45, 7) is 3.76. The summed E-state index contributed by atoms with van der Waals surface area (Å²) in [6, 6.07) is 14.7. The number of benzene rings is 2. The van der Waals surface area contributed by atoms with Gasteiger partial charge in [-0.2, -0.15) is 0 Å². The molecule has 140 valence electrons. The number of hydrogen-bond donors (Lipinski definition) is 0. The maximum Gasteiger partial charge on any atom is 0.318 e. The molecular weight excluding hydrogens is 403 g/mol. The molecule has 1 aliphatic carbocycles. The van der Waals surface area contributed by atoms with Crippen molar-refractivity contribution in [1.29, 1.82) is 0 Å². The summed E-state index contributed by atoms with van der Waals surface area (Å²) in [6.07, 6.45) is 3.37. The van der Waals surface area contributed by atoms with Crippen molar-refractivity contribution in [2.45, 2.75) is 30.6 Å². The lowest BCUT2D eigenvalue weighted by molar-refractivity contribution is -0.141. The van der Waals surface area contributed by atoms with Gasteiger partial charge in [0.1, 0.15) is 5.76 Å². The lowest BCUT2D eigenvalue weighted by atomic mass is 9.96. The molecule has 0 spiro atoms. The molecule has 2 aromatic rings. The number of allylic oxidation sites excluding steroid dienone is 3. The number of esters is 1. The van der Waals surface area contributed by atoms with Crippen LogP contribution in [-0.4, -0.2) is 11.3 Å². The molecule has 27 heavy (non-hydrogen) atoms. The molecule has 0 amide bonds. The van der Waals surface area contributed by atoms with E-state index in [0.717, 1.165) is 16.7 Å². The first-order chi connectivity index (χ1) is 13.0. The summed E-state index contributed by atoms with van der Waals surface area (Å²) in [4.78, 5) is 12.9. The van der Waals surface area contributed by atoms with E-state index in [4.69, 9.17) is 39.5 Å². The van der Waals surface area contributed by atoms with Crippen molar-refractivity contribution >= 4 is 46.3 Å². The number of alkyl halides is 1. The van der Waals surface area contributed by atoms with Crippen molar-refractivity contribution in [2.24, 2.45) is 0 Å². The smallest absolute Gasteiger partial charge is 0.318 e. The summed E-state index contributed by atoms with van der Waals surface area (Å²) in [5.41, 5.74) is 2.77. The quantitative estimate of drug-likeness (QED) is 0.285. The molecular formula is C22H19Cl3O2. The third-order valence-electron chi connectivity index (χ3n) is 4.54. The SMILES string of the molecule is C=CCC(C(=O)OC1=C(c2ccc(Cl)cc2)CC(Cl)C1)c1ccc(Cl)cc1. The van der Waals surface area contributed by atoms with E-state index in [1.165, 1.54) is 0 Å². The number of carbonyl (C=O) groups excluding carboxylic acids is 1. The molecule has 0 radical (unpaired) electrons. The predicted molar refractivity (Wildman–Crippen MR) is 112 cm³/mol. The molecule has 2 nitrogen and oxygen atoms in total. The van der Waals surface area contributed by atoms with Gasteiger partial charge in [0.05, 0.1) is 5.92 Å². The minimum Gasteiger partial charge on any atom is -0.430 e. The number of ether oxygens (including phenoxy) is 1. The zero-order valence-electron chi connectivity index (χ0n) is 14.6. The molecule has 2 aromatic carbocycles. The van der Waals surface area contributed by atoms with Crippen LogP contribution in [0.2, 0.25) is 10.0 Å². The molecule has 0 aromatic heterocycles. The third kappa shape index (κ3) is 4.95. The number of carbonyl (C=O) groups is 1. The van der Waals surface area contributed by atoms with Crippen molar-refractivity contribution in [3.63, 3.8) is 0 Å². The second-order valence-electron chi connectivity index (χ2n) is 6.46. The molecule has 0 N–H and O–H groups in total. The average molecular weight is 422 g/mol. The number of halogens is 3. The van der Waals surface area contributed by atoms with Crippen molar-refractivity contribution in [3.05, 3.63) is 88.1 Å². The summed E-state index contributed by atoms with van der Waals surface area (Å²) in [5, 5.41) is 1.19. The molecule has 0 saturated carbocycles. The average Bonchev–Trinajstić information content (AvgIpc) is 3.01. The predicted octanol–water partition coefficient (Wildman–Crippen LogP) is 7.01. The first-order valence-electron chi connectivity index (χ1n) is 8.68. The van der Waals surface area contributed by atoms with Crippen molar-refractivity contribution in [3.8, 4) is 0 Å². The Morgan fingerprint density at radius 2 is 1.67 bits per heavy atom. The number of hydrogen-bond acceptors (Lipinski definition) is 2. The van der Waals surface area contributed by atoms with Gasteiger partial charge in [0.25, 0.3) is 0 Å². The monoisotopic (exact) mass is 420 g/mol. The molecule has 2 atom stereocenters. The van der Waals surface area contributed by atoms with Gasteiger partial charge >= 0.3 is 5.97 Å². The lowest BCUT2D eigenvalue weighted by Crippen LogP contribution is -2.15. The summed E-state index contributed by atoms with van der Waals surface area (Å²) in [5.74, 6) is -0.122. The van der Waals surface area contributed by atoms with Crippen LogP contribution in [0.1, 0.15) is 36.3 Å². The van der Waals surface area contributed by atoms with Gasteiger partial charge in [-0.1, -0.05) is 53.5 Å². The maximum atomic E-state index is 12.9. The van der Waals surface area contributed by atoms with Crippen LogP contribution in [0.5, 0.6) is 0 Å². The Bertz CT molecular complexity index is 854. The highest BCUT2D eigenvalue weighted by atomic mass is 35.5. The van der Waals surface area contributed by atoms with Crippen molar-refractivity contribution in [2.75, 3.05) is 0 Å². The fourth-order valence-corrected chi connectivity index (χ4v) is 3.73. The zero-order valence-corrected chi connectivity index (χ0v) is 16.9. The van der Waals surface area contributed by atoms with Crippen LogP contribution in [0.3, 0.4) is 0 Å². The van der Waals surface area contributed by atoms with Crippen LogP contribution in [0.4, 0.5) is 0 Å². The van der Waals surface area contributed by atoms with Crippen molar-refractivity contribution in [1.82, 2.24) is 0 Å². The van der Waals surface area contributed by atoms with Crippen LogP contribution in [0.25, 0.3) is 5.57 Å². The Morgan fingerprint density at radius 1 is 1.07 bits per heavy atom. The molecule has 0 saturated heterocycles. The number of rotatable bonds is 6. The van der Waals surface area contributed by atoms with Crippen LogP contribution in [0.15, 0.2) is 66.9 Å².